The standard InChI is InChI=1S/C21H20N2.ClH/c1-16-12-14-19(15-13-16)22-21(18-9-4-3-5-10-18)23-20-11-7-6-8-17(20)2;/h3-15H,1-2H3,(H,22,23);1H. The molecular weight excluding hydrogens is 316 g/mol. The molecule has 0 spiro atoms. The first-order valence-corrected chi connectivity index (χ1v) is 7.81. The fourth-order valence-electron chi connectivity index (χ4n) is 2.41. The highest BCUT2D eigenvalue weighted by molar-refractivity contribution is 6.04. The van der Waals surface area contributed by atoms with Crippen LogP contribution in [0.2, 0.25) is 0 Å². The van der Waals surface area contributed by atoms with Crippen LogP contribution in [0.4, 0.5) is 11.4 Å². The summed E-state index contributed by atoms with van der Waals surface area (Å²) in [6.07, 6.45) is 0. The number of halogens is 1. The fraction of sp³-hybridized carbons (Fsp3) is 0.0952. The van der Waals surface area contributed by atoms with Gasteiger partial charge in [-0.15, -0.1) is 0 Å². The normalized spacial score (nSPS) is 10.8. The maximum absolute atomic E-state index is 3.53. The van der Waals surface area contributed by atoms with E-state index >= 15 is 0 Å². The maximum Gasteiger partial charge on any atom is 0.285 e. The van der Waals surface area contributed by atoms with Crippen molar-refractivity contribution in [2.75, 3.05) is 5.32 Å². The zero-order valence-electron chi connectivity index (χ0n) is 13.9. The summed E-state index contributed by atoms with van der Waals surface area (Å²) in [5, 5.41) is 3.50. The average molecular weight is 337 g/mol. The quantitative estimate of drug-likeness (QED) is 0.531. The monoisotopic (exact) mass is 336 g/mol. The van der Waals surface area contributed by atoms with Crippen molar-refractivity contribution in [1.82, 2.24) is 0 Å². The predicted molar refractivity (Wildman–Crippen MR) is 97.2 cm³/mol. The van der Waals surface area contributed by atoms with E-state index < -0.39 is 0 Å². The third kappa shape index (κ3) is 4.46. The van der Waals surface area contributed by atoms with Crippen molar-refractivity contribution in [2.45, 2.75) is 13.8 Å². The minimum absolute atomic E-state index is 0. The fourth-order valence-corrected chi connectivity index (χ4v) is 2.41. The minimum Gasteiger partial charge on any atom is -1.00 e. The van der Waals surface area contributed by atoms with Crippen LogP contribution in [0.1, 0.15) is 16.7 Å². The second kappa shape index (κ2) is 8.32. The molecule has 0 radical (unpaired) electrons. The molecule has 0 aliphatic rings. The summed E-state index contributed by atoms with van der Waals surface area (Å²) in [5.74, 6) is 0.976. The number of rotatable bonds is 3. The van der Waals surface area contributed by atoms with Crippen LogP contribution in [-0.4, -0.2) is 5.84 Å². The van der Waals surface area contributed by atoms with E-state index in [1.807, 2.05) is 24.3 Å². The lowest BCUT2D eigenvalue weighted by Crippen LogP contribution is -3.00. The van der Waals surface area contributed by atoms with Crippen LogP contribution >= 0.6 is 0 Å². The van der Waals surface area contributed by atoms with E-state index in [0.717, 1.165) is 22.8 Å². The molecule has 0 saturated heterocycles. The molecule has 3 aromatic rings. The Bertz CT molecular complexity index is 809. The van der Waals surface area contributed by atoms with Crippen molar-refractivity contribution in [3.05, 3.63) is 95.6 Å². The smallest absolute Gasteiger partial charge is 0.285 e. The van der Waals surface area contributed by atoms with Gasteiger partial charge in [-0.1, -0.05) is 54.1 Å². The molecule has 0 fully saturated rings. The Labute approximate surface area is 149 Å². The van der Waals surface area contributed by atoms with Crippen molar-refractivity contribution in [3.63, 3.8) is 0 Å². The molecule has 2 N–H and O–H groups in total. The molecule has 24 heavy (non-hydrogen) atoms. The van der Waals surface area contributed by atoms with Crippen molar-refractivity contribution in [1.29, 1.82) is 0 Å². The van der Waals surface area contributed by atoms with E-state index in [4.69, 9.17) is 0 Å². The molecule has 3 heteroatoms. The number of hydrogen-bond donors (Lipinski definition) is 2. The summed E-state index contributed by atoms with van der Waals surface area (Å²) in [5.41, 5.74) is 5.76. The molecule has 0 bridgehead atoms. The molecule has 0 aliphatic heterocycles. The number of aryl methyl sites for hydroxylation is 2. The Morgan fingerprint density at radius 1 is 0.750 bits per heavy atom. The number of hydrogen-bond acceptors (Lipinski definition) is 0. The van der Waals surface area contributed by atoms with Crippen molar-refractivity contribution < 1.29 is 17.4 Å². The molecule has 3 rings (SSSR count). The SMILES string of the molecule is Cc1ccc(NC(=[NH+]c2ccccc2C)c2ccccc2)cc1.[Cl-]. The Balaban J connectivity index is 0.00000208. The lowest BCUT2D eigenvalue weighted by molar-refractivity contribution is -0.353. The van der Waals surface area contributed by atoms with E-state index in [0.29, 0.717) is 0 Å². The maximum atomic E-state index is 3.53. The van der Waals surface area contributed by atoms with Gasteiger partial charge in [0.05, 0.1) is 5.56 Å². The number of amidine groups is 1. The van der Waals surface area contributed by atoms with Crippen LogP contribution in [-0.2, 0) is 0 Å². The van der Waals surface area contributed by atoms with Crippen LogP contribution in [0.15, 0.2) is 78.9 Å². The third-order valence-corrected chi connectivity index (χ3v) is 3.79. The zero-order valence-corrected chi connectivity index (χ0v) is 14.6. The molecule has 0 saturated carbocycles. The molecule has 0 atom stereocenters. The molecule has 122 valence electrons. The van der Waals surface area contributed by atoms with Crippen molar-refractivity contribution >= 4 is 17.2 Å². The molecule has 0 unspecified atom stereocenters. The van der Waals surface area contributed by atoms with E-state index in [2.05, 4.69) is 78.8 Å². The number of nitrogens with one attached hydrogen (secondary N) is 2. The summed E-state index contributed by atoms with van der Waals surface area (Å²) in [7, 11) is 0. The van der Waals surface area contributed by atoms with Gasteiger partial charge < -0.3 is 12.4 Å². The highest BCUT2D eigenvalue weighted by Gasteiger charge is 2.12. The lowest BCUT2D eigenvalue weighted by atomic mass is 10.1. The number of benzene rings is 3. The van der Waals surface area contributed by atoms with Crippen LogP contribution in [0.3, 0.4) is 0 Å². The second-order valence-electron chi connectivity index (χ2n) is 5.67. The first-order chi connectivity index (χ1) is 11.2. The molecule has 0 amide bonds. The summed E-state index contributed by atoms with van der Waals surface area (Å²) in [4.78, 5) is 3.53. The van der Waals surface area contributed by atoms with E-state index in [1.165, 1.54) is 11.1 Å². The Morgan fingerprint density at radius 3 is 2.04 bits per heavy atom. The summed E-state index contributed by atoms with van der Waals surface area (Å²) in [6, 6.07) is 27.0. The molecule has 3 aromatic carbocycles. The molecule has 0 aromatic heterocycles. The predicted octanol–water partition coefficient (Wildman–Crippen LogP) is 0.578. The van der Waals surface area contributed by atoms with E-state index in [9.17, 15) is 0 Å². The number of anilines is 1. The molecule has 0 aliphatic carbocycles. The largest absolute Gasteiger partial charge is 1.00 e. The van der Waals surface area contributed by atoms with Crippen molar-refractivity contribution in [2.24, 2.45) is 0 Å². The van der Waals surface area contributed by atoms with E-state index in [1.54, 1.807) is 0 Å². The van der Waals surface area contributed by atoms with Crippen LogP contribution in [0.5, 0.6) is 0 Å². The zero-order chi connectivity index (χ0) is 16.1. The first kappa shape index (κ1) is 17.8. The van der Waals surface area contributed by atoms with Crippen molar-refractivity contribution in [3.8, 4) is 0 Å². The highest BCUT2D eigenvalue weighted by atomic mass is 35.5. The molecule has 2 nitrogen and oxygen atoms in total. The Kier molecular flexibility index (Phi) is 6.16. The van der Waals surface area contributed by atoms with Gasteiger partial charge >= 0.3 is 0 Å². The average Bonchev–Trinajstić information content (AvgIpc) is 2.59. The molecular formula is C21H21ClN2. The Hall–Kier alpha value is -2.58. The summed E-state index contributed by atoms with van der Waals surface area (Å²) in [6.45, 7) is 4.20. The van der Waals surface area contributed by atoms with Gasteiger partial charge in [0, 0.05) is 0 Å². The Morgan fingerprint density at radius 2 is 1.38 bits per heavy atom. The van der Waals surface area contributed by atoms with Gasteiger partial charge in [0.2, 0.25) is 0 Å². The van der Waals surface area contributed by atoms with Crippen LogP contribution < -0.4 is 22.7 Å². The third-order valence-electron chi connectivity index (χ3n) is 3.79. The molecule has 0 heterocycles. The summed E-state index contributed by atoms with van der Waals surface area (Å²) >= 11 is 0. The van der Waals surface area contributed by atoms with Gasteiger partial charge in [0.25, 0.3) is 5.84 Å². The second-order valence-corrected chi connectivity index (χ2v) is 5.67. The van der Waals surface area contributed by atoms with Gasteiger partial charge in [0.15, 0.2) is 0 Å². The van der Waals surface area contributed by atoms with Gasteiger partial charge in [-0.2, -0.15) is 0 Å². The topological polar surface area (TPSA) is 26.0 Å². The van der Waals surface area contributed by atoms with Gasteiger partial charge in [0.1, 0.15) is 11.4 Å². The van der Waals surface area contributed by atoms with Crippen LogP contribution in [0.25, 0.3) is 0 Å². The van der Waals surface area contributed by atoms with Gasteiger partial charge in [-0.05, 0) is 49.7 Å². The van der Waals surface area contributed by atoms with Gasteiger partial charge in [-0.3, -0.25) is 0 Å². The minimum atomic E-state index is 0. The van der Waals surface area contributed by atoms with Crippen LogP contribution in [0, 0.1) is 13.8 Å². The first-order valence-electron chi connectivity index (χ1n) is 7.81. The lowest BCUT2D eigenvalue weighted by Gasteiger charge is -2.05. The van der Waals surface area contributed by atoms with E-state index in [-0.39, 0.29) is 12.4 Å². The highest BCUT2D eigenvalue weighted by Crippen LogP contribution is 2.11. The van der Waals surface area contributed by atoms with Gasteiger partial charge in [-0.25, -0.2) is 10.3 Å². The number of para-hydroxylation sites is 1. The summed E-state index contributed by atoms with van der Waals surface area (Å²) < 4.78 is 0.